The molecular weight excluding hydrogens is 637 g/mol. The van der Waals surface area contributed by atoms with E-state index in [1.54, 1.807) is 0 Å². The third-order valence-corrected chi connectivity index (χ3v) is 1.51. The molecule has 136 valence electrons. The summed E-state index contributed by atoms with van der Waals surface area (Å²) in [4.78, 5) is 51.1. The zero-order chi connectivity index (χ0) is 17.7. The first-order valence-electron chi connectivity index (χ1n) is 5.86. The minimum Gasteiger partial charge on any atom is -0.813 e. The Hall–Kier alpha value is 3.11. The third-order valence-electron chi connectivity index (χ3n) is 1.51. The predicted molar refractivity (Wildman–Crippen MR) is 67.5 cm³/mol. The molecule has 0 aromatic carbocycles. The Morgan fingerprint density at radius 2 is 0.870 bits per heavy atom. The number of rotatable bonds is 6. The molecule has 0 bridgehead atoms. The number of hydrogen-bond acceptors (Lipinski definition) is 10. The minimum atomic E-state index is -3.63. The summed E-state index contributed by atoms with van der Waals surface area (Å²) in [5, 5.41) is 8.42. The molecular formula is C8H21Nd2O10P3. The van der Waals surface area contributed by atoms with Crippen LogP contribution in [0.4, 0.5) is 0 Å². The van der Waals surface area contributed by atoms with Crippen molar-refractivity contribution < 1.29 is 130 Å². The van der Waals surface area contributed by atoms with Crippen LogP contribution in [-0.4, -0.2) is 11.7 Å². The Morgan fingerprint density at radius 1 is 0.652 bits per heavy atom. The van der Waals surface area contributed by atoms with E-state index in [0.29, 0.717) is 6.61 Å². The van der Waals surface area contributed by atoms with Crippen LogP contribution < -0.4 is 29.4 Å². The molecule has 0 atom stereocenters. The Bertz CT molecular complexity index is 214. The Labute approximate surface area is 204 Å². The van der Waals surface area contributed by atoms with E-state index >= 15 is 0 Å². The van der Waals surface area contributed by atoms with Crippen LogP contribution in [0.1, 0.15) is 45.4 Å². The van der Waals surface area contributed by atoms with E-state index in [1.807, 2.05) is 0 Å². The van der Waals surface area contributed by atoms with E-state index < -0.39 is 24.8 Å². The summed E-state index contributed by atoms with van der Waals surface area (Å²) in [7, 11) is -10.9. The van der Waals surface area contributed by atoms with Gasteiger partial charge < -0.3 is 48.2 Å². The molecule has 0 spiro atoms. The molecule has 0 aliphatic rings. The van der Waals surface area contributed by atoms with Crippen LogP contribution in [0.5, 0.6) is 0 Å². The van der Waals surface area contributed by atoms with Crippen LogP contribution >= 0.6 is 24.8 Å². The standard InChI is InChI=1S/C8H18O.2Nd.3H3O3P/c1-2-3-4-5-6-7-8-9;;;3*1-4(2)3/h9H,2-8H2,1H3;;;3*4H,(H2,1,2,3)/q;2*+3;;;/p-6. The molecule has 0 aromatic heterocycles. The molecule has 15 heteroatoms. The van der Waals surface area contributed by atoms with Crippen LogP contribution in [0.3, 0.4) is 0 Å². The second kappa shape index (κ2) is 40.0. The quantitative estimate of drug-likeness (QED) is 0.221. The molecule has 2 radical (unpaired) electrons. The van der Waals surface area contributed by atoms with Gasteiger partial charge in [0.15, 0.2) is 0 Å². The van der Waals surface area contributed by atoms with Crippen molar-refractivity contribution in [1.82, 2.24) is 0 Å². The summed E-state index contributed by atoms with van der Waals surface area (Å²) < 4.78 is 25.6. The van der Waals surface area contributed by atoms with Crippen LogP contribution in [0.25, 0.3) is 0 Å². The monoisotopic (exact) mass is 654 g/mol. The molecule has 0 fully saturated rings. The number of hydrogen-bond donors (Lipinski definition) is 1. The van der Waals surface area contributed by atoms with E-state index in [2.05, 4.69) is 6.92 Å². The van der Waals surface area contributed by atoms with Crippen molar-refractivity contribution in [1.29, 1.82) is 0 Å². The van der Waals surface area contributed by atoms with Gasteiger partial charge in [-0.2, -0.15) is 0 Å². The second-order valence-electron chi connectivity index (χ2n) is 3.24. The second-order valence-corrected chi connectivity index (χ2v) is 4.74. The molecule has 23 heavy (non-hydrogen) atoms. The average Bonchev–Trinajstić information content (AvgIpc) is 2.26. The molecule has 1 N–H and O–H groups in total. The summed E-state index contributed by atoms with van der Waals surface area (Å²) in [6.45, 7) is 2.58. The molecule has 0 unspecified atom stereocenters. The normalized spacial score (nSPS) is 8.48. The Kier molecular flexibility index (Phi) is 70.7. The topological polar surface area (TPSA) is 210 Å². The van der Waals surface area contributed by atoms with E-state index in [0.717, 1.165) is 6.42 Å². The summed E-state index contributed by atoms with van der Waals surface area (Å²) >= 11 is 0. The predicted octanol–water partition coefficient (Wildman–Crippen LogP) is -3.37. The maximum atomic E-state index is 8.52. The van der Waals surface area contributed by atoms with Crippen molar-refractivity contribution in [3.05, 3.63) is 0 Å². The van der Waals surface area contributed by atoms with Gasteiger partial charge in [0.25, 0.3) is 0 Å². The third kappa shape index (κ3) is 162. The Balaban J connectivity index is -0.0000000444. The van der Waals surface area contributed by atoms with E-state index in [-0.39, 0.29) is 81.7 Å². The summed E-state index contributed by atoms with van der Waals surface area (Å²) in [6, 6.07) is 0. The van der Waals surface area contributed by atoms with Gasteiger partial charge in [-0.25, -0.2) is 0 Å². The maximum Gasteiger partial charge on any atom is 3.00 e. The van der Waals surface area contributed by atoms with Gasteiger partial charge in [-0.1, -0.05) is 63.8 Å². The van der Waals surface area contributed by atoms with Gasteiger partial charge in [-0.05, 0) is 6.42 Å². The van der Waals surface area contributed by atoms with Gasteiger partial charge in [0, 0.05) is 6.61 Å². The number of aliphatic hydroxyl groups is 1. The molecule has 0 saturated carbocycles. The molecule has 0 aliphatic carbocycles. The molecule has 0 amide bonds. The first-order valence-corrected chi connectivity index (χ1v) is 9.53. The Morgan fingerprint density at radius 3 is 1.09 bits per heavy atom. The SMILES string of the molecule is CCCCCCCCO.O=[PH]([O-])[O-].O=[PH]([O-])[O-].O=[PH]([O-])[O-].[Nd+3].[Nd+3]. The maximum absolute atomic E-state index is 8.52. The zero-order valence-electron chi connectivity index (χ0n) is 12.6. The fourth-order valence-corrected chi connectivity index (χ4v) is 0.892. The first-order chi connectivity index (χ1) is 9.61. The molecule has 0 aliphatic heterocycles. The largest absolute Gasteiger partial charge is 3.00 e. The molecule has 10 nitrogen and oxygen atoms in total. The van der Waals surface area contributed by atoms with Crippen molar-refractivity contribution in [3.8, 4) is 0 Å². The molecule has 0 heterocycles. The van der Waals surface area contributed by atoms with Gasteiger partial charge in [0.1, 0.15) is 0 Å². The first kappa shape index (κ1) is 40.7. The smallest absolute Gasteiger partial charge is 0.813 e. The number of aliphatic hydroxyl groups excluding tert-OH is 1. The van der Waals surface area contributed by atoms with Gasteiger partial charge in [0.05, 0.1) is 0 Å². The van der Waals surface area contributed by atoms with Gasteiger partial charge in [-0.3, -0.25) is 0 Å². The zero-order valence-corrected chi connectivity index (χ0v) is 22.0. The fraction of sp³-hybridized carbons (Fsp3) is 1.00. The van der Waals surface area contributed by atoms with Crippen molar-refractivity contribution in [3.63, 3.8) is 0 Å². The molecule has 0 rings (SSSR count). The van der Waals surface area contributed by atoms with Crippen molar-refractivity contribution in [2.45, 2.75) is 45.4 Å². The van der Waals surface area contributed by atoms with Crippen LogP contribution in [0.2, 0.25) is 0 Å². The van der Waals surface area contributed by atoms with Gasteiger partial charge in [0.2, 0.25) is 0 Å². The van der Waals surface area contributed by atoms with Crippen LogP contribution in [-0.2, 0) is 13.7 Å². The molecule has 0 aromatic rings. The van der Waals surface area contributed by atoms with E-state index in [1.165, 1.54) is 32.1 Å². The number of unbranched alkanes of at least 4 members (excludes halogenated alkanes) is 5. The van der Waals surface area contributed by atoms with Gasteiger partial charge in [-0.15, -0.1) is 0 Å². The van der Waals surface area contributed by atoms with Gasteiger partial charge >= 0.3 is 81.7 Å². The summed E-state index contributed by atoms with van der Waals surface area (Å²) in [6.07, 6.45) is 7.50. The van der Waals surface area contributed by atoms with Crippen molar-refractivity contribution in [2.24, 2.45) is 0 Å². The van der Waals surface area contributed by atoms with Crippen LogP contribution in [0, 0.1) is 81.7 Å². The average molecular weight is 659 g/mol. The summed E-state index contributed by atoms with van der Waals surface area (Å²) in [5.74, 6) is 0. The fourth-order valence-electron chi connectivity index (χ4n) is 0.892. The van der Waals surface area contributed by atoms with E-state index in [4.69, 9.17) is 48.2 Å². The van der Waals surface area contributed by atoms with Crippen molar-refractivity contribution in [2.75, 3.05) is 6.61 Å². The van der Waals surface area contributed by atoms with E-state index in [9.17, 15) is 0 Å². The molecule has 0 saturated heterocycles. The minimum absolute atomic E-state index is 0. The van der Waals surface area contributed by atoms with Crippen LogP contribution in [0.15, 0.2) is 0 Å². The summed E-state index contributed by atoms with van der Waals surface area (Å²) in [5.41, 5.74) is 0. The van der Waals surface area contributed by atoms with Crippen molar-refractivity contribution >= 4 is 24.8 Å².